The van der Waals surface area contributed by atoms with E-state index >= 15 is 0 Å². The molecule has 0 aliphatic carbocycles. The summed E-state index contributed by atoms with van der Waals surface area (Å²) in [6.07, 6.45) is 3.44. The Morgan fingerprint density at radius 3 is 2.88 bits per heavy atom. The van der Waals surface area contributed by atoms with E-state index in [1.54, 1.807) is 35.3 Å². The standard InChI is InChI=1S/C18H16BrN3O4/c1-12-9-13(3-5-15(12)19)21-17(23)11-25-18(24)16-6-4-14(26-16)10-22-8-2-7-20-22/h2-9H,10-11H2,1H3,(H,21,23). The Kier molecular flexibility index (Phi) is 5.52. The number of halogens is 1. The summed E-state index contributed by atoms with van der Waals surface area (Å²) in [5.41, 5.74) is 1.62. The zero-order chi connectivity index (χ0) is 18.5. The number of nitrogens with zero attached hydrogens (tertiary/aromatic N) is 2. The number of amides is 1. The number of benzene rings is 1. The van der Waals surface area contributed by atoms with Crippen molar-refractivity contribution in [3.8, 4) is 0 Å². The van der Waals surface area contributed by atoms with Gasteiger partial charge in [-0.25, -0.2) is 4.79 Å². The summed E-state index contributed by atoms with van der Waals surface area (Å²) in [6, 6.07) is 10.4. The maximum Gasteiger partial charge on any atom is 0.374 e. The maximum absolute atomic E-state index is 12.0. The summed E-state index contributed by atoms with van der Waals surface area (Å²) >= 11 is 3.39. The van der Waals surface area contributed by atoms with Gasteiger partial charge in [0, 0.05) is 22.6 Å². The molecule has 7 nitrogen and oxygen atoms in total. The minimum absolute atomic E-state index is 0.0412. The van der Waals surface area contributed by atoms with Crippen molar-refractivity contribution in [3.63, 3.8) is 0 Å². The summed E-state index contributed by atoms with van der Waals surface area (Å²) in [5, 5.41) is 6.73. The molecule has 0 spiro atoms. The first kappa shape index (κ1) is 17.9. The van der Waals surface area contributed by atoms with Gasteiger partial charge in [0.1, 0.15) is 5.76 Å². The molecule has 3 aromatic rings. The molecule has 0 fully saturated rings. The van der Waals surface area contributed by atoms with Crippen LogP contribution in [-0.2, 0) is 16.1 Å². The molecule has 0 radical (unpaired) electrons. The predicted molar refractivity (Wildman–Crippen MR) is 97.8 cm³/mol. The number of aromatic nitrogens is 2. The highest BCUT2D eigenvalue weighted by Gasteiger charge is 2.15. The lowest BCUT2D eigenvalue weighted by Gasteiger charge is -2.07. The third-order valence-electron chi connectivity index (χ3n) is 3.52. The number of rotatable bonds is 6. The van der Waals surface area contributed by atoms with Crippen molar-refractivity contribution < 1.29 is 18.7 Å². The Hall–Kier alpha value is -2.87. The minimum atomic E-state index is -0.696. The maximum atomic E-state index is 12.0. The van der Waals surface area contributed by atoms with Gasteiger partial charge in [-0.15, -0.1) is 0 Å². The molecule has 8 heteroatoms. The number of aryl methyl sites for hydroxylation is 1. The average molecular weight is 418 g/mol. The second-order valence-corrected chi connectivity index (χ2v) is 6.41. The Labute approximate surface area is 158 Å². The fraction of sp³-hybridized carbons (Fsp3) is 0.167. The first-order chi connectivity index (χ1) is 12.5. The van der Waals surface area contributed by atoms with E-state index in [0.717, 1.165) is 10.0 Å². The van der Waals surface area contributed by atoms with Crippen LogP contribution in [0.1, 0.15) is 21.9 Å². The normalized spacial score (nSPS) is 10.5. The molecule has 0 saturated carbocycles. The van der Waals surface area contributed by atoms with Crippen LogP contribution < -0.4 is 5.32 Å². The Bertz CT molecular complexity index is 918. The van der Waals surface area contributed by atoms with Crippen LogP contribution in [0.3, 0.4) is 0 Å². The summed E-state index contributed by atoms with van der Waals surface area (Å²) in [4.78, 5) is 23.9. The molecule has 0 bridgehead atoms. The summed E-state index contributed by atoms with van der Waals surface area (Å²) in [5.74, 6) is -0.517. The van der Waals surface area contributed by atoms with Crippen molar-refractivity contribution in [2.45, 2.75) is 13.5 Å². The van der Waals surface area contributed by atoms with E-state index in [-0.39, 0.29) is 5.76 Å². The molecule has 1 N–H and O–H groups in total. The number of nitrogens with one attached hydrogen (secondary N) is 1. The number of ether oxygens (including phenoxy) is 1. The van der Waals surface area contributed by atoms with Gasteiger partial charge in [-0.05, 0) is 48.9 Å². The van der Waals surface area contributed by atoms with Crippen molar-refractivity contribution in [2.75, 3.05) is 11.9 Å². The van der Waals surface area contributed by atoms with Crippen LogP contribution in [0, 0.1) is 6.92 Å². The Morgan fingerprint density at radius 1 is 1.31 bits per heavy atom. The van der Waals surface area contributed by atoms with Crippen LogP contribution in [0.2, 0.25) is 0 Å². The van der Waals surface area contributed by atoms with E-state index in [1.165, 1.54) is 6.07 Å². The molecule has 0 aliphatic rings. The zero-order valence-corrected chi connectivity index (χ0v) is 15.5. The lowest BCUT2D eigenvalue weighted by Crippen LogP contribution is -2.20. The van der Waals surface area contributed by atoms with Gasteiger partial charge >= 0.3 is 5.97 Å². The lowest BCUT2D eigenvalue weighted by atomic mass is 10.2. The molecule has 2 aromatic heterocycles. The van der Waals surface area contributed by atoms with Gasteiger partial charge in [0.2, 0.25) is 5.76 Å². The Morgan fingerprint density at radius 2 is 2.15 bits per heavy atom. The van der Waals surface area contributed by atoms with Gasteiger partial charge in [0.05, 0.1) is 6.54 Å². The number of hydrogen-bond acceptors (Lipinski definition) is 5. The third kappa shape index (κ3) is 4.60. The van der Waals surface area contributed by atoms with Crippen LogP contribution >= 0.6 is 15.9 Å². The first-order valence-electron chi connectivity index (χ1n) is 7.80. The van der Waals surface area contributed by atoms with Gasteiger partial charge in [-0.3, -0.25) is 9.48 Å². The van der Waals surface area contributed by atoms with E-state index in [9.17, 15) is 9.59 Å². The molecule has 0 aliphatic heterocycles. The fourth-order valence-corrected chi connectivity index (χ4v) is 2.49. The highest BCUT2D eigenvalue weighted by atomic mass is 79.9. The SMILES string of the molecule is Cc1cc(NC(=O)COC(=O)c2ccc(Cn3cccn3)o2)ccc1Br. The van der Waals surface area contributed by atoms with Crippen LogP contribution in [0.15, 0.2) is 57.7 Å². The molecule has 0 atom stereocenters. The van der Waals surface area contributed by atoms with Crippen molar-refractivity contribution >= 4 is 33.5 Å². The zero-order valence-electron chi connectivity index (χ0n) is 13.9. The summed E-state index contributed by atoms with van der Waals surface area (Å²) in [6.45, 7) is 1.92. The van der Waals surface area contributed by atoms with Crippen molar-refractivity contribution in [2.24, 2.45) is 0 Å². The average Bonchev–Trinajstić information content (AvgIpc) is 3.28. The van der Waals surface area contributed by atoms with Crippen LogP contribution in [-0.4, -0.2) is 28.3 Å². The van der Waals surface area contributed by atoms with Crippen molar-refractivity contribution in [3.05, 3.63) is 70.3 Å². The second kappa shape index (κ2) is 8.01. The van der Waals surface area contributed by atoms with Gasteiger partial charge in [-0.2, -0.15) is 5.10 Å². The van der Waals surface area contributed by atoms with Gasteiger partial charge in [-0.1, -0.05) is 15.9 Å². The second-order valence-electron chi connectivity index (χ2n) is 5.56. The van der Waals surface area contributed by atoms with E-state index in [2.05, 4.69) is 26.3 Å². The van der Waals surface area contributed by atoms with E-state index < -0.39 is 18.5 Å². The van der Waals surface area contributed by atoms with E-state index in [4.69, 9.17) is 9.15 Å². The Balaban J connectivity index is 1.51. The van der Waals surface area contributed by atoms with E-state index in [1.807, 2.05) is 19.1 Å². The van der Waals surface area contributed by atoms with Gasteiger partial charge in [0.25, 0.3) is 5.91 Å². The smallest absolute Gasteiger partial charge is 0.374 e. The fourth-order valence-electron chi connectivity index (χ4n) is 2.25. The monoisotopic (exact) mass is 417 g/mol. The number of hydrogen-bond donors (Lipinski definition) is 1. The van der Waals surface area contributed by atoms with Crippen molar-refractivity contribution in [1.29, 1.82) is 0 Å². The molecule has 1 amide bonds. The van der Waals surface area contributed by atoms with E-state index in [0.29, 0.717) is 18.0 Å². The van der Waals surface area contributed by atoms with Crippen LogP contribution in [0.5, 0.6) is 0 Å². The molecule has 0 unspecified atom stereocenters. The predicted octanol–water partition coefficient (Wildman–Crippen LogP) is 3.39. The third-order valence-corrected chi connectivity index (χ3v) is 4.41. The molecular formula is C18H16BrN3O4. The molecule has 26 heavy (non-hydrogen) atoms. The summed E-state index contributed by atoms with van der Waals surface area (Å²) < 4.78 is 13.0. The number of esters is 1. The number of carbonyl (C=O) groups excluding carboxylic acids is 2. The molecule has 1 aromatic carbocycles. The lowest BCUT2D eigenvalue weighted by molar-refractivity contribution is -0.119. The van der Waals surface area contributed by atoms with Crippen LogP contribution in [0.25, 0.3) is 0 Å². The number of anilines is 1. The largest absolute Gasteiger partial charge is 0.452 e. The van der Waals surface area contributed by atoms with Gasteiger partial charge < -0.3 is 14.5 Å². The molecule has 0 saturated heterocycles. The summed E-state index contributed by atoms with van der Waals surface area (Å²) in [7, 11) is 0. The highest BCUT2D eigenvalue weighted by molar-refractivity contribution is 9.10. The molecular weight excluding hydrogens is 402 g/mol. The highest BCUT2D eigenvalue weighted by Crippen LogP contribution is 2.20. The van der Waals surface area contributed by atoms with Crippen molar-refractivity contribution in [1.82, 2.24) is 9.78 Å². The van der Waals surface area contributed by atoms with Crippen LogP contribution in [0.4, 0.5) is 5.69 Å². The number of furan rings is 1. The van der Waals surface area contributed by atoms with Gasteiger partial charge in [0.15, 0.2) is 6.61 Å². The first-order valence-corrected chi connectivity index (χ1v) is 8.60. The number of carbonyl (C=O) groups is 2. The molecule has 3 rings (SSSR count). The minimum Gasteiger partial charge on any atom is -0.452 e. The molecule has 2 heterocycles. The quantitative estimate of drug-likeness (QED) is 0.621. The molecule has 134 valence electrons. The topological polar surface area (TPSA) is 86.4 Å².